The van der Waals surface area contributed by atoms with Gasteiger partial charge in [-0.05, 0) is 39.0 Å². The van der Waals surface area contributed by atoms with Crippen molar-refractivity contribution in [3.8, 4) is 0 Å². The van der Waals surface area contributed by atoms with E-state index in [4.69, 9.17) is 5.73 Å². The van der Waals surface area contributed by atoms with Gasteiger partial charge in [-0.3, -0.25) is 9.59 Å². The molecule has 0 heterocycles. The zero-order valence-electron chi connectivity index (χ0n) is 11.2. The van der Waals surface area contributed by atoms with Gasteiger partial charge < -0.3 is 16.4 Å². The van der Waals surface area contributed by atoms with Crippen LogP contribution in [0.15, 0.2) is 0 Å². The lowest BCUT2D eigenvalue weighted by Crippen LogP contribution is -2.28. The molecule has 0 aromatic heterocycles. The first kappa shape index (κ1) is 15.0. The average molecular weight is 255 g/mol. The van der Waals surface area contributed by atoms with E-state index in [9.17, 15) is 9.59 Å². The van der Waals surface area contributed by atoms with Crippen LogP contribution >= 0.6 is 0 Å². The topological polar surface area (TPSA) is 84.2 Å². The van der Waals surface area contributed by atoms with Crippen LogP contribution in [0.2, 0.25) is 0 Å². The molecule has 0 spiro atoms. The molecule has 0 bridgehead atoms. The van der Waals surface area contributed by atoms with Gasteiger partial charge in [-0.2, -0.15) is 0 Å². The van der Waals surface area contributed by atoms with Gasteiger partial charge in [0.15, 0.2) is 0 Å². The SMILES string of the molecule is CC(N)CCCC(=O)NCCCC(=O)NC1CC1. The van der Waals surface area contributed by atoms with E-state index in [1.807, 2.05) is 6.92 Å². The van der Waals surface area contributed by atoms with Gasteiger partial charge in [0.05, 0.1) is 0 Å². The maximum atomic E-state index is 11.4. The molecule has 4 N–H and O–H groups in total. The molecule has 0 aliphatic heterocycles. The van der Waals surface area contributed by atoms with Gasteiger partial charge >= 0.3 is 0 Å². The van der Waals surface area contributed by atoms with Gasteiger partial charge in [-0.25, -0.2) is 0 Å². The number of carbonyl (C=O) groups is 2. The van der Waals surface area contributed by atoms with Crippen molar-refractivity contribution in [2.24, 2.45) is 5.73 Å². The first-order chi connectivity index (χ1) is 8.58. The predicted octanol–water partition coefficient (Wildman–Crippen LogP) is 0.679. The first-order valence-corrected chi connectivity index (χ1v) is 6.89. The molecule has 0 aromatic rings. The molecule has 18 heavy (non-hydrogen) atoms. The molecular formula is C13H25N3O2. The highest BCUT2D eigenvalue weighted by molar-refractivity contribution is 5.77. The minimum atomic E-state index is 0.0539. The van der Waals surface area contributed by atoms with Crippen LogP contribution in [-0.2, 0) is 9.59 Å². The molecule has 1 rings (SSSR count). The van der Waals surface area contributed by atoms with Gasteiger partial charge in [0.25, 0.3) is 0 Å². The zero-order chi connectivity index (χ0) is 13.4. The van der Waals surface area contributed by atoms with Crippen LogP contribution in [-0.4, -0.2) is 30.4 Å². The molecule has 104 valence electrons. The van der Waals surface area contributed by atoms with Gasteiger partial charge in [0, 0.05) is 31.5 Å². The predicted molar refractivity (Wildman–Crippen MR) is 70.9 cm³/mol. The second-order valence-corrected chi connectivity index (χ2v) is 5.16. The number of nitrogens with one attached hydrogen (secondary N) is 2. The fourth-order valence-electron chi connectivity index (χ4n) is 1.68. The second-order valence-electron chi connectivity index (χ2n) is 5.16. The number of amides is 2. The fourth-order valence-corrected chi connectivity index (χ4v) is 1.68. The molecule has 0 saturated heterocycles. The molecule has 5 heteroatoms. The Morgan fingerprint density at radius 3 is 2.50 bits per heavy atom. The van der Waals surface area contributed by atoms with E-state index >= 15 is 0 Å². The highest BCUT2D eigenvalue weighted by atomic mass is 16.2. The molecule has 2 amide bonds. The highest BCUT2D eigenvalue weighted by Crippen LogP contribution is 2.18. The number of rotatable bonds is 9. The molecule has 1 unspecified atom stereocenters. The summed E-state index contributed by atoms with van der Waals surface area (Å²) in [4.78, 5) is 22.8. The lowest BCUT2D eigenvalue weighted by Gasteiger charge is -2.07. The average Bonchev–Trinajstić information content (AvgIpc) is 3.08. The van der Waals surface area contributed by atoms with Crippen LogP contribution in [0.4, 0.5) is 0 Å². The van der Waals surface area contributed by atoms with Gasteiger partial charge in [0.2, 0.25) is 11.8 Å². The summed E-state index contributed by atoms with van der Waals surface area (Å²) in [7, 11) is 0. The molecular weight excluding hydrogens is 230 g/mol. The Bertz CT molecular complexity index is 275. The number of hydrogen-bond donors (Lipinski definition) is 3. The van der Waals surface area contributed by atoms with Crippen LogP contribution in [0.1, 0.15) is 51.9 Å². The van der Waals surface area contributed by atoms with E-state index < -0.39 is 0 Å². The number of nitrogens with two attached hydrogens (primary N) is 1. The van der Waals surface area contributed by atoms with Gasteiger partial charge in [-0.1, -0.05) is 0 Å². The molecule has 1 saturated carbocycles. The third kappa shape index (κ3) is 8.06. The fraction of sp³-hybridized carbons (Fsp3) is 0.846. The summed E-state index contributed by atoms with van der Waals surface area (Å²) >= 11 is 0. The Hall–Kier alpha value is -1.10. The minimum absolute atomic E-state index is 0.0539. The van der Waals surface area contributed by atoms with E-state index in [1.165, 1.54) is 0 Å². The van der Waals surface area contributed by atoms with Crippen molar-refractivity contribution in [1.82, 2.24) is 10.6 Å². The summed E-state index contributed by atoms with van der Waals surface area (Å²) < 4.78 is 0. The smallest absolute Gasteiger partial charge is 0.220 e. The molecule has 1 aliphatic rings. The van der Waals surface area contributed by atoms with Crippen LogP contribution < -0.4 is 16.4 Å². The number of carbonyl (C=O) groups excluding carboxylic acids is 2. The highest BCUT2D eigenvalue weighted by Gasteiger charge is 2.22. The van der Waals surface area contributed by atoms with Crippen molar-refractivity contribution in [2.45, 2.75) is 64.0 Å². The van der Waals surface area contributed by atoms with E-state index in [1.54, 1.807) is 0 Å². The van der Waals surface area contributed by atoms with E-state index in [2.05, 4.69) is 10.6 Å². The third-order valence-electron chi connectivity index (χ3n) is 2.91. The summed E-state index contributed by atoms with van der Waals surface area (Å²) in [6, 6.07) is 0.578. The first-order valence-electron chi connectivity index (χ1n) is 6.89. The number of hydrogen-bond acceptors (Lipinski definition) is 3. The molecule has 0 aromatic carbocycles. The van der Waals surface area contributed by atoms with Crippen molar-refractivity contribution < 1.29 is 9.59 Å². The summed E-state index contributed by atoms with van der Waals surface area (Å²) in [5.41, 5.74) is 5.60. The standard InChI is InChI=1S/C13H25N3O2/c1-10(14)4-2-5-12(17)15-9-3-6-13(18)16-11-7-8-11/h10-11H,2-9,14H2,1H3,(H,15,17)(H,16,18). The molecule has 1 atom stereocenters. The van der Waals surface area contributed by atoms with Crippen LogP contribution in [0.3, 0.4) is 0 Å². The second kappa shape index (κ2) is 8.08. The van der Waals surface area contributed by atoms with E-state index in [0.29, 0.717) is 31.8 Å². The maximum absolute atomic E-state index is 11.4. The van der Waals surface area contributed by atoms with Crippen molar-refractivity contribution in [3.63, 3.8) is 0 Å². The van der Waals surface area contributed by atoms with Crippen molar-refractivity contribution in [2.75, 3.05) is 6.54 Å². The van der Waals surface area contributed by atoms with Crippen molar-refractivity contribution in [3.05, 3.63) is 0 Å². The summed E-state index contributed by atoms with van der Waals surface area (Å²) in [6.07, 6.45) is 5.65. The van der Waals surface area contributed by atoms with Crippen molar-refractivity contribution in [1.29, 1.82) is 0 Å². The normalized spacial score (nSPS) is 16.1. The minimum Gasteiger partial charge on any atom is -0.356 e. The Morgan fingerprint density at radius 1 is 1.22 bits per heavy atom. The van der Waals surface area contributed by atoms with E-state index in [0.717, 1.165) is 25.7 Å². The van der Waals surface area contributed by atoms with Gasteiger partial charge in [-0.15, -0.1) is 0 Å². The molecule has 5 nitrogen and oxygen atoms in total. The quantitative estimate of drug-likeness (QED) is 0.530. The monoisotopic (exact) mass is 255 g/mol. The van der Waals surface area contributed by atoms with E-state index in [-0.39, 0.29) is 17.9 Å². The van der Waals surface area contributed by atoms with Crippen LogP contribution in [0, 0.1) is 0 Å². The summed E-state index contributed by atoms with van der Waals surface area (Å²) in [5.74, 6) is 0.155. The molecule has 0 radical (unpaired) electrons. The van der Waals surface area contributed by atoms with Crippen LogP contribution in [0.25, 0.3) is 0 Å². The zero-order valence-corrected chi connectivity index (χ0v) is 11.2. The van der Waals surface area contributed by atoms with Crippen molar-refractivity contribution >= 4 is 11.8 Å². The van der Waals surface area contributed by atoms with Crippen LogP contribution in [0.5, 0.6) is 0 Å². The molecule has 1 fully saturated rings. The Balaban J connectivity index is 1.89. The summed E-state index contributed by atoms with van der Waals surface area (Å²) in [6.45, 7) is 2.52. The largest absolute Gasteiger partial charge is 0.356 e. The Kier molecular flexibility index (Phi) is 6.72. The Labute approximate surface area is 109 Å². The summed E-state index contributed by atoms with van der Waals surface area (Å²) in [5, 5.41) is 5.74. The Morgan fingerprint density at radius 2 is 1.89 bits per heavy atom. The van der Waals surface area contributed by atoms with Gasteiger partial charge in [0.1, 0.15) is 0 Å². The maximum Gasteiger partial charge on any atom is 0.220 e. The lowest BCUT2D eigenvalue weighted by atomic mass is 10.1. The lowest BCUT2D eigenvalue weighted by molar-refractivity contribution is -0.123. The molecule has 1 aliphatic carbocycles. The third-order valence-corrected chi connectivity index (χ3v) is 2.91.